The van der Waals surface area contributed by atoms with Gasteiger partial charge in [-0.05, 0) is 34.1 Å². The lowest BCUT2D eigenvalue weighted by atomic mass is 9.91. The quantitative estimate of drug-likeness (QED) is 0.870. The molecule has 1 heterocycles. The summed E-state index contributed by atoms with van der Waals surface area (Å²) in [6.07, 6.45) is 0. The van der Waals surface area contributed by atoms with Gasteiger partial charge in [0.25, 0.3) is 0 Å². The Bertz CT molecular complexity index is 586. The number of nitrogens with two attached hydrogens (primary N) is 1. The molecule has 1 aromatic carbocycles. The molecule has 0 aliphatic rings. The molecule has 0 fully saturated rings. The predicted molar refractivity (Wildman–Crippen MR) is 77.2 cm³/mol. The second-order valence-corrected chi connectivity index (χ2v) is 6.37. The fraction of sp³-hybridized carbons (Fsp3) is 0.333. The van der Waals surface area contributed by atoms with Crippen molar-refractivity contribution in [1.82, 2.24) is 15.0 Å². The first-order valence-electron chi connectivity index (χ1n) is 5.48. The number of anilines is 1. The minimum atomic E-state index is -0.146. The monoisotopic (exact) mass is 328 g/mol. The van der Waals surface area contributed by atoms with Crippen LogP contribution < -0.4 is 5.73 Å². The molecule has 0 spiro atoms. The Balaban J connectivity index is 2.65. The van der Waals surface area contributed by atoms with Crippen LogP contribution in [0.25, 0.3) is 5.69 Å². The Morgan fingerprint density at radius 3 is 2.56 bits per heavy atom. The van der Waals surface area contributed by atoms with Crippen molar-refractivity contribution in [2.45, 2.75) is 26.2 Å². The maximum atomic E-state index is 5.94. The summed E-state index contributed by atoms with van der Waals surface area (Å²) in [5, 5.41) is 8.73. The summed E-state index contributed by atoms with van der Waals surface area (Å²) >= 11 is 9.42. The standard InChI is InChI=1S/C12H14BrClN4/c1-12(2,3)10-11(15)16-17-18(10)9-5-4-7(14)6-8(9)13/h4-6H,15H2,1-3H3. The molecule has 6 heteroatoms. The molecule has 4 nitrogen and oxygen atoms in total. The third-order valence-corrected chi connectivity index (χ3v) is 3.41. The van der Waals surface area contributed by atoms with Crippen molar-refractivity contribution in [3.8, 4) is 5.69 Å². The molecule has 0 radical (unpaired) electrons. The lowest BCUT2D eigenvalue weighted by molar-refractivity contribution is 0.544. The SMILES string of the molecule is CC(C)(C)c1c(N)nnn1-c1ccc(Cl)cc1Br. The molecular formula is C12H14BrClN4. The summed E-state index contributed by atoms with van der Waals surface area (Å²) in [4.78, 5) is 0. The van der Waals surface area contributed by atoms with Crippen molar-refractivity contribution in [3.63, 3.8) is 0 Å². The summed E-state index contributed by atoms with van der Waals surface area (Å²) in [6.45, 7) is 6.22. The fourth-order valence-electron chi connectivity index (χ4n) is 1.82. The molecule has 0 aliphatic carbocycles. The smallest absolute Gasteiger partial charge is 0.170 e. The van der Waals surface area contributed by atoms with E-state index in [0.29, 0.717) is 10.8 Å². The lowest BCUT2D eigenvalue weighted by Gasteiger charge is -2.20. The predicted octanol–water partition coefficient (Wildman–Crippen LogP) is 3.56. The molecule has 2 rings (SSSR count). The zero-order valence-corrected chi connectivity index (χ0v) is 12.7. The molecular weight excluding hydrogens is 316 g/mol. The molecule has 0 atom stereocenters. The van der Waals surface area contributed by atoms with Crippen LogP contribution in [0.1, 0.15) is 26.5 Å². The van der Waals surface area contributed by atoms with Gasteiger partial charge >= 0.3 is 0 Å². The van der Waals surface area contributed by atoms with Crippen molar-refractivity contribution < 1.29 is 0 Å². The topological polar surface area (TPSA) is 56.7 Å². The van der Waals surface area contributed by atoms with Crippen LogP contribution in [0.5, 0.6) is 0 Å². The fourth-order valence-corrected chi connectivity index (χ4v) is 2.67. The van der Waals surface area contributed by atoms with E-state index in [1.165, 1.54) is 0 Å². The third kappa shape index (κ3) is 2.37. The van der Waals surface area contributed by atoms with E-state index >= 15 is 0 Å². The summed E-state index contributed by atoms with van der Waals surface area (Å²) in [6, 6.07) is 5.52. The number of hydrogen-bond donors (Lipinski definition) is 1. The van der Waals surface area contributed by atoms with E-state index in [1.54, 1.807) is 4.68 Å². The highest BCUT2D eigenvalue weighted by Crippen LogP contribution is 2.31. The van der Waals surface area contributed by atoms with Gasteiger partial charge in [0.1, 0.15) is 0 Å². The van der Waals surface area contributed by atoms with E-state index < -0.39 is 0 Å². The van der Waals surface area contributed by atoms with E-state index in [1.807, 2.05) is 18.2 Å². The number of benzene rings is 1. The molecule has 0 amide bonds. The molecule has 0 saturated heterocycles. The molecule has 0 bridgehead atoms. The highest BCUT2D eigenvalue weighted by Gasteiger charge is 2.25. The number of nitrogen functional groups attached to an aromatic ring is 1. The first-order chi connectivity index (χ1) is 8.30. The summed E-state index contributed by atoms with van der Waals surface area (Å²) < 4.78 is 2.60. The van der Waals surface area contributed by atoms with E-state index in [4.69, 9.17) is 17.3 Å². The van der Waals surface area contributed by atoms with Crippen molar-refractivity contribution in [2.75, 3.05) is 5.73 Å². The van der Waals surface area contributed by atoms with Crippen LogP contribution in [-0.4, -0.2) is 15.0 Å². The van der Waals surface area contributed by atoms with E-state index in [0.717, 1.165) is 15.9 Å². The first kappa shape index (κ1) is 13.4. The van der Waals surface area contributed by atoms with E-state index in [9.17, 15) is 0 Å². The highest BCUT2D eigenvalue weighted by molar-refractivity contribution is 9.10. The van der Waals surface area contributed by atoms with Gasteiger partial charge in [0, 0.05) is 14.9 Å². The average Bonchev–Trinajstić information content (AvgIpc) is 2.59. The summed E-state index contributed by atoms with van der Waals surface area (Å²) in [5.41, 5.74) is 7.51. The van der Waals surface area contributed by atoms with Gasteiger partial charge in [-0.3, -0.25) is 0 Å². The van der Waals surface area contributed by atoms with Crippen LogP contribution in [0.3, 0.4) is 0 Å². The Morgan fingerprint density at radius 2 is 2.00 bits per heavy atom. The zero-order valence-electron chi connectivity index (χ0n) is 10.4. The number of rotatable bonds is 1. The highest BCUT2D eigenvalue weighted by atomic mass is 79.9. The minimum Gasteiger partial charge on any atom is -0.381 e. The third-order valence-electron chi connectivity index (χ3n) is 2.54. The number of halogens is 2. The second-order valence-electron chi connectivity index (χ2n) is 5.08. The minimum absolute atomic E-state index is 0.146. The van der Waals surface area contributed by atoms with Crippen LogP contribution >= 0.6 is 27.5 Å². The molecule has 18 heavy (non-hydrogen) atoms. The molecule has 0 saturated carbocycles. The Kier molecular flexibility index (Phi) is 3.38. The Hall–Kier alpha value is -1.07. The van der Waals surface area contributed by atoms with Gasteiger partial charge in [0.05, 0.1) is 11.4 Å². The van der Waals surface area contributed by atoms with E-state index in [2.05, 4.69) is 47.0 Å². The van der Waals surface area contributed by atoms with Crippen LogP contribution in [0, 0.1) is 0 Å². The van der Waals surface area contributed by atoms with Crippen LogP contribution in [0.4, 0.5) is 5.82 Å². The Labute approximate surface area is 119 Å². The second kappa shape index (κ2) is 4.55. The molecule has 0 unspecified atom stereocenters. The van der Waals surface area contributed by atoms with Gasteiger partial charge in [-0.25, -0.2) is 4.68 Å². The van der Waals surface area contributed by atoms with Gasteiger partial charge in [0.15, 0.2) is 5.82 Å². The first-order valence-corrected chi connectivity index (χ1v) is 6.65. The van der Waals surface area contributed by atoms with Crippen LogP contribution in [0.2, 0.25) is 5.02 Å². The molecule has 96 valence electrons. The maximum absolute atomic E-state index is 5.94. The van der Waals surface area contributed by atoms with Gasteiger partial charge in [0.2, 0.25) is 0 Å². The molecule has 1 aromatic heterocycles. The van der Waals surface area contributed by atoms with Crippen molar-refractivity contribution in [1.29, 1.82) is 0 Å². The number of aromatic nitrogens is 3. The van der Waals surface area contributed by atoms with Gasteiger partial charge in [-0.1, -0.05) is 37.6 Å². The van der Waals surface area contributed by atoms with Crippen molar-refractivity contribution in [3.05, 3.63) is 33.4 Å². The van der Waals surface area contributed by atoms with E-state index in [-0.39, 0.29) is 5.41 Å². The summed E-state index contributed by atoms with van der Waals surface area (Å²) in [7, 11) is 0. The average molecular weight is 330 g/mol. The normalized spacial score (nSPS) is 11.8. The summed E-state index contributed by atoms with van der Waals surface area (Å²) in [5.74, 6) is 0.448. The molecule has 2 aromatic rings. The lowest BCUT2D eigenvalue weighted by Crippen LogP contribution is -2.19. The molecule has 0 aliphatic heterocycles. The van der Waals surface area contributed by atoms with Crippen molar-refractivity contribution in [2.24, 2.45) is 0 Å². The van der Waals surface area contributed by atoms with Crippen LogP contribution in [-0.2, 0) is 5.41 Å². The Morgan fingerprint density at radius 1 is 1.33 bits per heavy atom. The zero-order chi connectivity index (χ0) is 13.5. The number of hydrogen-bond acceptors (Lipinski definition) is 3. The van der Waals surface area contributed by atoms with Crippen LogP contribution in [0.15, 0.2) is 22.7 Å². The van der Waals surface area contributed by atoms with Gasteiger partial charge in [-0.2, -0.15) is 0 Å². The maximum Gasteiger partial charge on any atom is 0.170 e. The van der Waals surface area contributed by atoms with Crippen molar-refractivity contribution >= 4 is 33.3 Å². The van der Waals surface area contributed by atoms with Gasteiger partial charge in [-0.15, -0.1) is 5.10 Å². The van der Waals surface area contributed by atoms with Gasteiger partial charge < -0.3 is 5.73 Å². The number of nitrogens with zero attached hydrogens (tertiary/aromatic N) is 3. The largest absolute Gasteiger partial charge is 0.381 e. The molecule has 2 N–H and O–H groups in total.